The maximum absolute atomic E-state index is 12.5. The van der Waals surface area contributed by atoms with Crippen molar-refractivity contribution >= 4 is 5.97 Å². The second-order valence-corrected chi connectivity index (χ2v) is 8.78. The maximum Gasteiger partial charge on any atom is 0.422 e. The molecule has 3 aromatic rings. The van der Waals surface area contributed by atoms with E-state index in [2.05, 4.69) is 22.4 Å². The van der Waals surface area contributed by atoms with Crippen LogP contribution in [0.3, 0.4) is 0 Å². The average Bonchev–Trinajstić information content (AvgIpc) is 3.02. The topological polar surface area (TPSA) is 71.5 Å². The van der Waals surface area contributed by atoms with Gasteiger partial charge in [0.15, 0.2) is 6.61 Å². The van der Waals surface area contributed by atoms with Crippen molar-refractivity contribution in [3.05, 3.63) is 82.7 Å². The molecule has 1 aliphatic rings. The molecule has 0 fully saturated rings. The Morgan fingerprint density at radius 2 is 2.03 bits per heavy atom. The molecular weight excluding hydrogens is 457 g/mol. The minimum atomic E-state index is -4.37. The summed E-state index contributed by atoms with van der Waals surface area (Å²) in [6.07, 6.45) is 1.95. The summed E-state index contributed by atoms with van der Waals surface area (Å²) in [6.45, 7) is 1.41. The van der Waals surface area contributed by atoms with Crippen LogP contribution in [0, 0.1) is 6.92 Å². The lowest BCUT2D eigenvalue weighted by molar-refractivity contribution is -0.153. The second-order valence-electron chi connectivity index (χ2n) is 8.78. The third-order valence-electron chi connectivity index (χ3n) is 6.28. The fourth-order valence-electron chi connectivity index (χ4n) is 4.60. The molecule has 0 saturated carbocycles. The van der Waals surface area contributed by atoms with Gasteiger partial charge in [-0.1, -0.05) is 24.3 Å². The minimum absolute atomic E-state index is 0.0858. The summed E-state index contributed by atoms with van der Waals surface area (Å²) in [5, 5.41) is 13.0. The van der Waals surface area contributed by atoms with E-state index in [1.165, 1.54) is 23.4 Å². The number of benzene rings is 2. The van der Waals surface area contributed by atoms with E-state index in [9.17, 15) is 23.1 Å². The van der Waals surface area contributed by atoms with Crippen LogP contribution in [0.5, 0.6) is 5.75 Å². The van der Waals surface area contributed by atoms with Crippen molar-refractivity contribution < 1.29 is 27.8 Å². The number of alkyl halides is 3. The molecule has 184 valence electrons. The number of nitrogens with zero attached hydrogens (tertiary/aromatic N) is 1. The Balaban J connectivity index is 1.54. The van der Waals surface area contributed by atoms with Gasteiger partial charge < -0.3 is 15.2 Å². The number of rotatable bonds is 7. The lowest BCUT2D eigenvalue weighted by Crippen LogP contribution is -2.22. The molecule has 1 aromatic heterocycles. The molecule has 0 unspecified atom stereocenters. The van der Waals surface area contributed by atoms with Gasteiger partial charge in [0, 0.05) is 18.4 Å². The predicted molar refractivity (Wildman–Crippen MR) is 127 cm³/mol. The minimum Gasteiger partial charge on any atom is -0.484 e. The number of nitrogens with one attached hydrogen (secondary N) is 1. The van der Waals surface area contributed by atoms with Gasteiger partial charge >= 0.3 is 12.1 Å². The quantitative estimate of drug-likeness (QED) is 0.437. The van der Waals surface area contributed by atoms with Crippen LogP contribution in [0.25, 0.3) is 11.1 Å². The van der Waals surface area contributed by atoms with Crippen LogP contribution in [-0.2, 0) is 12.8 Å². The Labute approximate surface area is 202 Å². The summed E-state index contributed by atoms with van der Waals surface area (Å²) >= 11 is 0. The van der Waals surface area contributed by atoms with E-state index in [0.29, 0.717) is 12.0 Å². The van der Waals surface area contributed by atoms with E-state index in [4.69, 9.17) is 4.74 Å². The highest BCUT2D eigenvalue weighted by atomic mass is 19.4. The van der Waals surface area contributed by atoms with E-state index >= 15 is 0 Å². The Morgan fingerprint density at radius 1 is 1.20 bits per heavy atom. The second kappa shape index (κ2) is 10.5. The number of fused-ring (bicyclic) bond motifs is 1. The van der Waals surface area contributed by atoms with Gasteiger partial charge in [0.25, 0.3) is 0 Å². The summed E-state index contributed by atoms with van der Waals surface area (Å²) in [6, 6.07) is 12.9. The molecule has 0 bridgehead atoms. The highest BCUT2D eigenvalue weighted by Gasteiger charge is 2.28. The van der Waals surface area contributed by atoms with Gasteiger partial charge in [0.2, 0.25) is 0 Å². The molecule has 2 heterocycles. The van der Waals surface area contributed by atoms with Gasteiger partial charge in [0.05, 0.1) is 5.56 Å². The van der Waals surface area contributed by atoms with Gasteiger partial charge in [-0.2, -0.15) is 13.2 Å². The highest BCUT2D eigenvalue weighted by molar-refractivity contribution is 5.89. The SMILES string of the molecule is Cc1cc(OCC(F)(F)F)ccc1-c1ccc2c(c1)CCCN[C@@H]2CCc1cnccc1C(=O)O. The molecule has 0 radical (unpaired) electrons. The average molecular weight is 485 g/mol. The third kappa shape index (κ3) is 6.19. The predicted octanol–water partition coefficient (Wildman–Crippen LogP) is 5.91. The molecule has 35 heavy (non-hydrogen) atoms. The van der Waals surface area contributed by atoms with Crippen molar-refractivity contribution in [1.82, 2.24) is 10.3 Å². The monoisotopic (exact) mass is 484 g/mol. The summed E-state index contributed by atoms with van der Waals surface area (Å²) in [4.78, 5) is 15.6. The van der Waals surface area contributed by atoms with Crippen molar-refractivity contribution in [3.63, 3.8) is 0 Å². The van der Waals surface area contributed by atoms with Crippen LogP contribution >= 0.6 is 0 Å². The first-order chi connectivity index (χ1) is 16.7. The maximum atomic E-state index is 12.5. The Bertz CT molecular complexity index is 1210. The Kier molecular flexibility index (Phi) is 7.40. The van der Waals surface area contributed by atoms with Crippen molar-refractivity contribution in [3.8, 4) is 16.9 Å². The van der Waals surface area contributed by atoms with E-state index in [1.807, 2.05) is 13.0 Å². The third-order valence-corrected chi connectivity index (χ3v) is 6.28. The molecule has 0 amide bonds. The molecule has 2 N–H and O–H groups in total. The first-order valence-corrected chi connectivity index (χ1v) is 11.5. The van der Waals surface area contributed by atoms with Crippen LogP contribution in [-0.4, -0.2) is 35.4 Å². The van der Waals surface area contributed by atoms with Crippen LogP contribution in [0.4, 0.5) is 13.2 Å². The van der Waals surface area contributed by atoms with Crippen molar-refractivity contribution in [2.75, 3.05) is 13.2 Å². The summed E-state index contributed by atoms with van der Waals surface area (Å²) in [5.74, 6) is -0.759. The number of halogens is 3. The van der Waals surface area contributed by atoms with Crippen LogP contribution < -0.4 is 10.1 Å². The van der Waals surface area contributed by atoms with Gasteiger partial charge in [0.1, 0.15) is 5.75 Å². The summed E-state index contributed by atoms with van der Waals surface area (Å²) < 4.78 is 42.3. The van der Waals surface area contributed by atoms with Crippen molar-refractivity contribution in [2.24, 2.45) is 0 Å². The van der Waals surface area contributed by atoms with Gasteiger partial charge in [-0.3, -0.25) is 4.98 Å². The van der Waals surface area contributed by atoms with E-state index in [1.54, 1.807) is 24.4 Å². The summed E-state index contributed by atoms with van der Waals surface area (Å²) in [7, 11) is 0. The van der Waals surface area contributed by atoms with Crippen molar-refractivity contribution in [2.45, 2.75) is 44.8 Å². The number of ether oxygens (including phenoxy) is 1. The number of carbonyl (C=O) groups is 1. The molecule has 8 heteroatoms. The molecule has 0 spiro atoms. The smallest absolute Gasteiger partial charge is 0.422 e. The van der Waals surface area contributed by atoms with Gasteiger partial charge in [-0.15, -0.1) is 0 Å². The number of hydrogen-bond donors (Lipinski definition) is 2. The number of carboxylic acids is 1. The molecule has 4 rings (SSSR count). The van der Waals surface area contributed by atoms with Crippen molar-refractivity contribution in [1.29, 1.82) is 0 Å². The number of aromatic nitrogens is 1. The molecule has 0 saturated heterocycles. The lowest BCUT2D eigenvalue weighted by atomic mass is 9.90. The van der Waals surface area contributed by atoms with Gasteiger partial charge in [-0.25, -0.2) is 4.79 Å². The largest absolute Gasteiger partial charge is 0.484 e. The fraction of sp³-hybridized carbons (Fsp3) is 0.333. The Morgan fingerprint density at radius 3 is 2.77 bits per heavy atom. The van der Waals surface area contributed by atoms with E-state index in [0.717, 1.165) is 42.5 Å². The van der Waals surface area contributed by atoms with Crippen LogP contribution in [0.15, 0.2) is 54.9 Å². The molecule has 2 aromatic carbocycles. The van der Waals surface area contributed by atoms with Gasteiger partial charge in [-0.05, 0) is 90.7 Å². The molecule has 0 aliphatic carbocycles. The fourth-order valence-corrected chi connectivity index (χ4v) is 4.60. The van der Waals surface area contributed by atoms with Crippen LogP contribution in [0.2, 0.25) is 0 Å². The molecular formula is C27H27F3N2O3. The highest BCUT2D eigenvalue weighted by Crippen LogP contribution is 2.33. The lowest BCUT2D eigenvalue weighted by Gasteiger charge is -2.20. The standard InChI is InChI=1S/C27H27F3N2O3/c1-17-13-21(35-16-27(28,29)30)6-8-22(17)19-4-7-23-18(14-19)3-2-11-32-25(23)9-5-20-15-31-12-10-24(20)26(33)34/h4,6-8,10,12-15,25,32H,2-3,5,9,11,16H2,1H3,(H,33,34)/t25-/m1/s1. The van der Waals surface area contributed by atoms with Crippen LogP contribution in [0.1, 0.15) is 51.5 Å². The van der Waals surface area contributed by atoms with E-state index in [-0.39, 0.29) is 17.4 Å². The number of aromatic carboxylic acids is 1. The van der Waals surface area contributed by atoms with E-state index < -0.39 is 18.8 Å². The zero-order chi connectivity index (χ0) is 25.0. The zero-order valence-corrected chi connectivity index (χ0v) is 19.4. The number of carboxylic acid groups (broad SMARTS) is 1. The zero-order valence-electron chi connectivity index (χ0n) is 19.4. The number of hydrogen-bond acceptors (Lipinski definition) is 4. The molecule has 1 aliphatic heterocycles. The summed E-state index contributed by atoms with van der Waals surface area (Å²) in [5.41, 5.74) is 6.20. The number of aryl methyl sites for hydroxylation is 3. The normalized spacial score (nSPS) is 15.8. The Hall–Kier alpha value is -3.39. The number of pyridine rings is 1. The first kappa shape index (κ1) is 24.7. The molecule has 1 atom stereocenters. The first-order valence-electron chi connectivity index (χ1n) is 11.5. The molecule has 5 nitrogen and oxygen atoms in total.